The van der Waals surface area contributed by atoms with Crippen molar-refractivity contribution in [1.82, 2.24) is 10.6 Å². The SMILES string of the molecule is COC(=O)NC(=Nc1cc(Oc2ccccc2)ccc1N)NC(=O)OC.O=C(O)C1CCCCC1. The van der Waals surface area contributed by atoms with E-state index in [0.717, 1.165) is 25.7 Å². The first kappa shape index (κ1) is 27.0. The second kappa shape index (κ2) is 14.1. The minimum atomic E-state index is -0.824. The zero-order chi connectivity index (χ0) is 25.6. The number of nitrogens with two attached hydrogens (primary N) is 1. The van der Waals surface area contributed by atoms with Gasteiger partial charge in [0.1, 0.15) is 11.5 Å². The Bertz CT molecular complexity index is 1000. The number of ether oxygens (including phenoxy) is 3. The number of amides is 2. The third kappa shape index (κ3) is 9.62. The summed E-state index contributed by atoms with van der Waals surface area (Å²) in [5, 5.41) is 13.1. The van der Waals surface area contributed by atoms with E-state index in [1.54, 1.807) is 30.3 Å². The number of alkyl carbamates (subject to hydrolysis) is 2. The topological polar surface area (TPSA) is 162 Å². The zero-order valence-corrected chi connectivity index (χ0v) is 19.7. The molecule has 11 heteroatoms. The molecule has 1 aliphatic rings. The molecule has 0 heterocycles. The van der Waals surface area contributed by atoms with E-state index in [1.807, 2.05) is 18.2 Å². The number of methoxy groups -OCH3 is 2. The van der Waals surface area contributed by atoms with Crippen molar-refractivity contribution in [3.05, 3.63) is 48.5 Å². The number of nitrogens with one attached hydrogen (secondary N) is 2. The summed E-state index contributed by atoms with van der Waals surface area (Å²) in [5.41, 5.74) is 6.48. The lowest BCUT2D eigenvalue weighted by Gasteiger charge is -2.16. The van der Waals surface area contributed by atoms with Crippen molar-refractivity contribution in [3.8, 4) is 11.5 Å². The Morgan fingerprint density at radius 2 is 1.51 bits per heavy atom. The second-order valence-corrected chi connectivity index (χ2v) is 7.50. The number of carboxylic acid groups (broad SMARTS) is 1. The molecule has 0 spiro atoms. The van der Waals surface area contributed by atoms with Gasteiger partial charge >= 0.3 is 18.2 Å². The summed E-state index contributed by atoms with van der Waals surface area (Å²) in [7, 11) is 2.35. The summed E-state index contributed by atoms with van der Waals surface area (Å²) in [6, 6.07) is 13.9. The van der Waals surface area contributed by atoms with Crippen molar-refractivity contribution in [2.45, 2.75) is 32.1 Å². The van der Waals surface area contributed by atoms with E-state index in [-0.39, 0.29) is 17.6 Å². The lowest BCUT2D eigenvalue weighted by molar-refractivity contribution is -0.142. The monoisotopic (exact) mass is 486 g/mol. The summed E-state index contributed by atoms with van der Waals surface area (Å²) in [4.78, 5) is 37.3. The molecule has 0 aliphatic heterocycles. The molecule has 0 aromatic heterocycles. The van der Waals surface area contributed by atoms with Gasteiger partial charge in [-0.1, -0.05) is 37.5 Å². The molecule has 1 fully saturated rings. The normalized spacial score (nSPS) is 12.7. The van der Waals surface area contributed by atoms with Crippen molar-refractivity contribution in [2.75, 3.05) is 20.0 Å². The highest BCUT2D eigenvalue weighted by Crippen LogP contribution is 2.30. The summed E-state index contributed by atoms with van der Waals surface area (Å²) >= 11 is 0. The van der Waals surface area contributed by atoms with Crippen LogP contribution in [0.1, 0.15) is 32.1 Å². The number of nitrogens with zero attached hydrogens (tertiary/aromatic N) is 1. The maximum absolute atomic E-state index is 11.4. The molecular weight excluding hydrogens is 456 g/mol. The number of carbonyl (C=O) groups excluding carboxylic acids is 2. The smallest absolute Gasteiger partial charge is 0.413 e. The van der Waals surface area contributed by atoms with Crippen LogP contribution in [-0.2, 0) is 14.3 Å². The summed E-state index contributed by atoms with van der Waals surface area (Å²) < 4.78 is 14.7. The van der Waals surface area contributed by atoms with Gasteiger partial charge in [-0.15, -0.1) is 0 Å². The van der Waals surface area contributed by atoms with Crippen LogP contribution in [-0.4, -0.2) is 43.4 Å². The van der Waals surface area contributed by atoms with Crippen LogP contribution in [0.5, 0.6) is 11.5 Å². The molecule has 1 saturated carbocycles. The van der Waals surface area contributed by atoms with E-state index in [0.29, 0.717) is 17.2 Å². The van der Waals surface area contributed by atoms with Gasteiger partial charge in [0.25, 0.3) is 0 Å². The zero-order valence-electron chi connectivity index (χ0n) is 19.7. The average Bonchev–Trinajstić information content (AvgIpc) is 2.87. The molecule has 0 unspecified atom stereocenters. The third-order valence-electron chi connectivity index (χ3n) is 4.98. The molecule has 2 aromatic rings. The molecule has 188 valence electrons. The molecule has 35 heavy (non-hydrogen) atoms. The molecule has 2 aromatic carbocycles. The summed E-state index contributed by atoms with van der Waals surface area (Å²) in [5.74, 6) is 0.258. The Balaban J connectivity index is 0.000000402. The number of hydrogen-bond donors (Lipinski definition) is 4. The van der Waals surface area contributed by atoms with Crippen LogP contribution in [0.3, 0.4) is 0 Å². The Kier molecular flexibility index (Phi) is 10.9. The Morgan fingerprint density at radius 1 is 0.914 bits per heavy atom. The standard InChI is InChI=1S/C17H18N4O5.C7H12O2/c1-24-16(22)20-15(21-17(23)25-2)19-14-10-12(8-9-13(14)18)26-11-6-4-3-5-7-11;8-7(9)6-4-2-1-3-5-6/h3-10H,18H2,1-2H3,(H2,19,20,21,22,23);6H,1-5H2,(H,8,9). The first-order valence-electron chi connectivity index (χ1n) is 11.0. The van der Waals surface area contributed by atoms with Crippen LogP contribution >= 0.6 is 0 Å². The molecule has 0 atom stereocenters. The fourth-order valence-corrected chi connectivity index (χ4v) is 3.16. The first-order valence-corrected chi connectivity index (χ1v) is 11.0. The highest BCUT2D eigenvalue weighted by Gasteiger charge is 2.19. The maximum Gasteiger partial charge on any atom is 0.413 e. The molecule has 11 nitrogen and oxygen atoms in total. The Morgan fingerprint density at radius 3 is 2.03 bits per heavy atom. The molecular formula is C24H30N4O7. The number of benzene rings is 2. The first-order chi connectivity index (χ1) is 16.8. The third-order valence-corrected chi connectivity index (χ3v) is 4.98. The molecule has 3 rings (SSSR count). The maximum atomic E-state index is 11.4. The van der Waals surface area contributed by atoms with Crippen LogP contribution in [0.25, 0.3) is 0 Å². The summed E-state index contributed by atoms with van der Waals surface area (Å²) in [6.45, 7) is 0. The molecule has 0 saturated heterocycles. The number of aliphatic carboxylic acids is 1. The van der Waals surface area contributed by atoms with Gasteiger partial charge in [-0.2, -0.15) is 0 Å². The van der Waals surface area contributed by atoms with Gasteiger partial charge in [0.2, 0.25) is 5.96 Å². The van der Waals surface area contributed by atoms with Crippen molar-refractivity contribution < 1.29 is 33.7 Å². The van der Waals surface area contributed by atoms with E-state index >= 15 is 0 Å². The molecule has 2 amide bonds. The van der Waals surface area contributed by atoms with Crippen LogP contribution in [0.4, 0.5) is 21.0 Å². The fourth-order valence-electron chi connectivity index (χ4n) is 3.16. The Labute approximate surface area is 203 Å². The number of para-hydroxylation sites is 1. The number of hydrogen-bond acceptors (Lipinski definition) is 8. The van der Waals surface area contributed by atoms with Gasteiger partial charge in [0.05, 0.1) is 31.5 Å². The van der Waals surface area contributed by atoms with E-state index in [2.05, 4.69) is 25.1 Å². The van der Waals surface area contributed by atoms with Gasteiger partial charge < -0.3 is 25.1 Å². The minimum absolute atomic E-state index is 0.0289. The van der Waals surface area contributed by atoms with Crippen molar-refractivity contribution in [1.29, 1.82) is 0 Å². The van der Waals surface area contributed by atoms with Crippen molar-refractivity contribution in [2.24, 2.45) is 10.9 Å². The minimum Gasteiger partial charge on any atom is -0.481 e. The second-order valence-electron chi connectivity index (χ2n) is 7.50. The largest absolute Gasteiger partial charge is 0.481 e. The molecule has 1 aliphatic carbocycles. The van der Waals surface area contributed by atoms with E-state index < -0.39 is 18.2 Å². The predicted molar refractivity (Wildman–Crippen MR) is 130 cm³/mol. The molecule has 0 bridgehead atoms. The van der Waals surface area contributed by atoms with E-state index in [9.17, 15) is 14.4 Å². The average molecular weight is 487 g/mol. The summed E-state index contributed by atoms with van der Waals surface area (Å²) in [6.07, 6.45) is 3.59. The van der Waals surface area contributed by atoms with E-state index in [1.165, 1.54) is 20.6 Å². The molecule has 0 radical (unpaired) electrons. The van der Waals surface area contributed by atoms with E-state index in [4.69, 9.17) is 15.6 Å². The predicted octanol–water partition coefficient (Wildman–Crippen LogP) is 4.41. The van der Waals surface area contributed by atoms with Crippen molar-refractivity contribution in [3.63, 3.8) is 0 Å². The van der Waals surface area contributed by atoms with Crippen LogP contribution < -0.4 is 21.1 Å². The number of anilines is 1. The van der Waals surface area contributed by atoms with Gasteiger partial charge in [-0.3, -0.25) is 15.4 Å². The Hall–Kier alpha value is -4.28. The van der Waals surface area contributed by atoms with Gasteiger partial charge in [0.15, 0.2) is 0 Å². The van der Waals surface area contributed by atoms with Crippen LogP contribution in [0.2, 0.25) is 0 Å². The number of rotatable bonds is 4. The number of nitrogen functional groups attached to an aromatic ring is 1. The number of aliphatic imine (C=N–C) groups is 1. The lowest BCUT2D eigenvalue weighted by Crippen LogP contribution is -2.43. The van der Waals surface area contributed by atoms with Crippen molar-refractivity contribution >= 4 is 35.5 Å². The quantitative estimate of drug-likeness (QED) is 0.281. The highest BCUT2D eigenvalue weighted by atomic mass is 16.5. The lowest BCUT2D eigenvalue weighted by atomic mass is 9.90. The highest BCUT2D eigenvalue weighted by molar-refractivity contribution is 6.02. The van der Waals surface area contributed by atoms with Crippen LogP contribution in [0.15, 0.2) is 53.5 Å². The number of carbonyl (C=O) groups is 3. The van der Waals surface area contributed by atoms with Crippen LogP contribution in [0, 0.1) is 5.92 Å². The van der Waals surface area contributed by atoms with Gasteiger partial charge in [0, 0.05) is 6.07 Å². The number of guanidine groups is 1. The molecule has 5 N–H and O–H groups in total. The van der Waals surface area contributed by atoms with Gasteiger partial charge in [-0.05, 0) is 37.1 Å². The number of carboxylic acids is 1. The fraction of sp³-hybridized carbons (Fsp3) is 0.333. The van der Waals surface area contributed by atoms with Gasteiger partial charge in [-0.25, -0.2) is 14.6 Å².